The molecule has 1 aromatic carbocycles. The van der Waals surface area contributed by atoms with Gasteiger partial charge in [0.25, 0.3) is 0 Å². The molecule has 17 heavy (non-hydrogen) atoms. The van der Waals surface area contributed by atoms with E-state index in [1.807, 2.05) is 0 Å². The molecule has 0 aliphatic carbocycles. The van der Waals surface area contributed by atoms with Crippen LogP contribution >= 0.6 is 22.6 Å². The summed E-state index contributed by atoms with van der Waals surface area (Å²) in [4.78, 5) is 3.81. The molecule has 0 atom stereocenters. The van der Waals surface area contributed by atoms with Crippen LogP contribution in [0.15, 0.2) is 36.9 Å². The summed E-state index contributed by atoms with van der Waals surface area (Å²) in [5, 5.41) is 3.95. The lowest BCUT2D eigenvalue weighted by molar-refractivity contribution is -0.154. The van der Waals surface area contributed by atoms with Crippen LogP contribution in [0.5, 0.6) is 0 Å². The molecule has 0 saturated heterocycles. The first-order chi connectivity index (χ1) is 8.06. The predicted molar refractivity (Wildman–Crippen MR) is 65.1 cm³/mol. The maximum Gasteiger partial charge on any atom is 0.408 e. The summed E-state index contributed by atoms with van der Waals surface area (Å²) < 4.78 is 28.0. The summed E-state index contributed by atoms with van der Waals surface area (Å²) in [6.45, 7) is -0.189. The highest BCUT2D eigenvalue weighted by Crippen LogP contribution is 2.26. The molecule has 0 amide bonds. The van der Waals surface area contributed by atoms with Crippen molar-refractivity contribution in [3.63, 3.8) is 0 Å². The molecular formula is C10H8F2IN3O. The van der Waals surface area contributed by atoms with Gasteiger partial charge in [0.1, 0.15) is 12.7 Å². The number of ether oxygens (including phenoxy) is 1. The molecule has 0 aliphatic rings. The van der Waals surface area contributed by atoms with E-state index in [-0.39, 0.29) is 6.61 Å². The van der Waals surface area contributed by atoms with Gasteiger partial charge >= 0.3 is 4.12 Å². The van der Waals surface area contributed by atoms with Gasteiger partial charge in [0.05, 0.1) is 12.3 Å². The maximum absolute atomic E-state index is 12.6. The molecule has 0 saturated carbocycles. The van der Waals surface area contributed by atoms with E-state index in [1.54, 1.807) is 24.3 Å². The second kappa shape index (κ2) is 5.05. The molecule has 2 rings (SSSR count). The average Bonchev–Trinajstić information content (AvgIpc) is 2.79. The average molecular weight is 351 g/mol. The van der Waals surface area contributed by atoms with Gasteiger partial charge in [-0.15, -0.1) is 0 Å². The number of rotatable bonds is 4. The van der Waals surface area contributed by atoms with Gasteiger partial charge in [0.15, 0.2) is 0 Å². The molecule has 0 bridgehead atoms. The van der Waals surface area contributed by atoms with Crippen LogP contribution in [0.1, 0.15) is 5.56 Å². The Morgan fingerprint density at radius 3 is 2.76 bits per heavy atom. The number of hydrogen-bond donors (Lipinski definition) is 0. The van der Waals surface area contributed by atoms with Crippen molar-refractivity contribution in [2.24, 2.45) is 0 Å². The van der Waals surface area contributed by atoms with E-state index in [2.05, 4.69) is 14.8 Å². The Morgan fingerprint density at radius 2 is 2.12 bits per heavy atom. The fraction of sp³-hybridized carbons (Fsp3) is 0.200. The zero-order valence-electron chi connectivity index (χ0n) is 8.55. The number of nitrogens with zero attached hydrogens (tertiary/aromatic N) is 3. The highest BCUT2D eigenvalue weighted by molar-refractivity contribution is 14.1. The molecule has 2 aromatic rings. The first-order valence-corrected chi connectivity index (χ1v) is 5.78. The van der Waals surface area contributed by atoms with E-state index in [0.29, 0.717) is 11.3 Å². The molecule has 0 spiro atoms. The number of para-hydroxylation sites is 1. The minimum absolute atomic E-state index is 0.189. The monoisotopic (exact) mass is 351 g/mol. The second-order valence-electron chi connectivity index (χ2n) is 3.20. The first kappa shape index (κ1) is 12.4. The molecule has 90 valence electrons. The number of alkyl halides is 3. The maximum atomic E-state index is 12.6. The SMILES string of the molecule is FC(F)(I)OCc1ccccc1-n1cncn1. The van der Waals surface area contributed by atoms with Crippen LogP contribution in [0.25, 0.3) is 5.69 Å². The summed E-state index contributed by atoms with van der Waals surface area (Å²) in [7, 11) is 0. The van der Waals surface area contributed by atoms with Gasteiger partial charge in [0.2, 0.25) is 0 Å². The first-order valence-electron chi connectivity index (χ1n) is 4.70. The van der Waals surface area contributed by atoms with Gasteiger partial charge in [-0.1, -0.05) is 18.2 Å². The Balaban J connectivity index is 2.23. The van der Waals surface area contributed by atoms with Crippen molar-refractivity contribution in [2.75, 3.05) is 0 Å². The Morgan fingerprint density at radius 1 is 1.35 bits per heavy atom. The third-order valence-electron chi connectivity index (χ3n) is 2.05. The summed E-state index contributed by atoms with van der Waals surface area (Å²) in [6.07, 6.45) is 2.88. The van der Waals surface area contributed by atoms with Crippen molar-refractivity contribution in [1.82, 2.24) is 14.8 Å². The van der Waals surface area contributed by atoms with Crippen LogP contribution in [0.3, 0.4) is 0 Å². The van der Waals surface area contributed by atoms with E-state index < -0.39 is 4.12 Å². The highest BCUT2D eigenvalue weighted by Gasteiger charge is 2.24. The Kier molecular flexibility index (Phi) is 3.67. The van der Waals surface area contributed by atoms with Gasteiger partial charge in [-0.25, -0.2) is 9.67 Å². The molecular weight excluding hydrogens is 343 g/mol. The minimum Gasteiger partial charge on any atom is -0.307 e. The van der Waals surface area contributed by atoms with E-state index in [4.69, 9.17) is 0 Å². The molecule has 0 radical (unpaired) electrons. The zero-order valence-corrected chi connectivity index (χ0v) is 10.7. The van der Waals surface area contributed by atoms with Crippen LogP contribution in [0, 0.1) is 0 Å². The highest BCUT2D eigenvalue weighted by atomic mass is 127. The van der Waals surface area contributed by atoms with Crippen molar-refractivity contribution < 1.29 is 13.5 Å². The number of benzene rings is 1. The molecule has 0 unspecified atom stereocenters. The molecule has 0 N–H and O–H groups in total. The minimum atomic E-state index is -3.17. The van der Waals surface area contributed by atoms with Crippen LogP contribution in [0.4, 0.5) is 8.78 Å². The second-order valence-corrected chi connectivity index (χ2v) is 4.46. The van der Waals surface area contributed by atoms with Crippen LogP contribution in [-0.2, 0) is 11.3 Å². The summed E-state index contributed by atoms with van der Waals surface area (Å²) in [5.41, 5.74) is 1.29. The standard InChI is InChI=1S/C10H8F2IN3O/c11-10(12,13)17-5-8-3-1-2-4-9(8)16-7-14-6-15-16/h1-4,6-7H,5H2. The van der Waals surface area contributed by atoms with Gasteiger partial charge in [0, 0.05) is 28.2 Å². The molecule has 1 heterocycles. The van der Waals surface area contributed by atoms with Crippen LogP contribution < -0.4 is 0 Å². The van der Waals surface area contributed by atoms with Gasteiger partial charge in [-0.3, -0.25) is 0 Å². The number of aromatic nitrogens is 3. The summed E-state index contributed by atoms with van der Waals surface area (Å²) >= 11 is 0.938. The topological polar surface area (TPSA) is 39.9 Å². The third kappa shape index (κ3) is 3.43. The lowest BCUT2D eigenvalue weighted by Crippen LogP contribution is -2.12. The molecule has 1 aromatic heterocycles. The molecule has 4 nitrogen and oxygen atoms in total. The predicted octanol–water partition coefficient (Wildman–Crippen LogP) is 2.77. The normalized spacial score (nSPS) is 11.7. The lowest BCUT2D eigenvalue weighted by atomic mass is 10.2. The zero-order chi connectivity index (χ0) is 12.3. The van der Waals surface area contributed by atoms with Crippen LogP contribution in [-0.4, -0.2) is 18.9 Å². The van der Waals surface area contributed by atoms with Gasteiger partial charge < -0.3 is 4.74 Å². The Labute approximate surface area is 110 Å². The molecule has 0 aliphatic heterocycles. The fourth-order valence-electron chi connectivity index (χ4n) is 1.35. The Hall–Kier alpha value is -1.09. The summed E-state index contributed by atoms with van der Waals surface area (Å²) in [5.74, 6) is 0. The number of halogens is 3. The van der Waals surface area contributed by atoms with E-state index in [0.717, 1.165) is 22.6 Å². The van der Waals surface area contributed by atoms with E-state index >= 15 is 0 Å². The van der Waals surface area contributed by atoms with Crippen molar-refractivity contribution in [1.29, 1.82) is 0 Å². The van der Waals surface area contributed by atoms with Crippen molar-refractivity contribution in [3.8, 4) is 5.69 Å². The molecule has 0 fully saturated rings. The Bertz CT molecular complexity index is 485. The number of hydrogen-bond acceptors (Lipinski definition) is 3. The van der Waals surface area contributed by atoms with Gasteiger partial charge in [-0.05, 0) is 6.07 Å². The largest absolute Gasteiger partial charge is 0.408 e. The van der Waals surface area contributed by atoms with E-state index in [1.165, 1.54) is 17.3 Å². The quantitative estimate of drug-likeness (QED) is 0.628. The molecule has 7 heteroatoms. The fourth-order valence-corrected chi connectivity index (χ4v) is 1.50. The van der Waals surface area contributed by atoms with Crippen molar-refractivity contribution in [3.05, 3.63) is 42.5 Å². The van der Waals surface area contributed by atoms with Crippen molar-refractivity contribution >= 4 is 22.6 Å². The smallest absolute Gasteiger partial charge is 0.307 e. The van der Waals surface area contributed by atoms with E-state index in [9.17, 15) is 8.78 Å². The third-order valence-corrected chi connectivity index (χ3v) is 2.36. The lowest BCUT2D eigenvalue weighted by Gasteiger charge is -2.12. The van der Waals surface area contributed by atoms with Gasteiger partial charge in [-0.2, -0.15) is 13.9 Å². The summed E-state index contributed by atoms with van der Waals surface area (Å²) in [6, 6.07) is 7.02. The van der Waals surface area contributed by atoms with Crippen LogP contribution in [0.2, 0.25) is 0 Å². The van der Waals surface area contributed by atoms with Crippen molar-refractivity contribution in [2.45, 2.75) is 10.7 Å².